The maximum Gasteiger partial charge on any atom is 0.228 e. The second kappa shape index (κ2) is 7.75. The Balaban J connectivity index is 1.28. The van der Waals surface area contributed by atoms with Gasteiger partial charge < -0.3 is 15.1 Å². The molecule has 2 atom stereocenters. The zero-order valence-corrected chi connectivity index (χ0v) is 16.4. The zero-order chi connectivity index (χ0) is 19.7. The largest absolute Gasteiger partial charge is 0.339 e. The topological polar surface area (TPSA) is 78.4 Å². The summed E-state index contributed by atoms with van der Waals surface area (Å²) in [6, 6.07) is 7.21. The van der Waals surface area contributed by atoms with Crippen LogP contribution in [-0.2, 0) is 9.59 Å². The standard InChI is InChI=1S/C20H22ClN5O2/c1-13-3-4-14(11-17(13)21)24-18(27)15-12-16(15)19(28)25-7-9-26(10-8-25)20-22-5-2-6-23-20/h2-6,11,15-16H,7-10,12H2,1H3,(H,24,27). The Bertz CT molecular complexity index is 883. The number of aromatic nitrogens is 2. The summed E-state index contributed by atoms with van der Waals surface area (Å²) in [5.41, 5.74) is 1.62. The van der Waals surface area contributed by atoms with Crippen LogP contribution < -0.4 is 10.2 Å². The molecule has 1 aromatic heterocycles. The molecular formula is C20H22ClN5O2. The molecule has 28 heavy (non-hydrogen) atoms. The molecule has 1 saturated carbocycles. The first-order valence-electron chi connectivity index (χ1n) is 9.40. The molecule has 2 heterocycles. The van der Waals surface area contributed by atoms with E-state index in [0.717, 1.165) is 5.56 Å². The highest BCUT2D eigenvalue weighted by molar-refractivity contribution is 6.31. The predicted octanol–water partition coefficient (Wildman–Crippen LogP) is 2.36. The van der Waals surface area contributed by atoms with Crippen molar-refractivity contribution in [3.8, 4) is 0 Å². The minimum absolute atomic E-state index is 0.0655. The van der Waals surface area contributed by atoms with Crippen molar-refractivity contribution in [1.29, 1.82) is 0 Å². The van der Waals surface area contributed by atoms with E-state index in [0.29, 0.717) is 49.3 Å². The smallest absolute Gasteiger partial charge is 0.228 e. The van der Waals surface area contributed by atoms with Crippen molar-refractivity contribution in [3.63, 3.8) is 0 Å². The molecule has 146 valence electrons. The molecular weight excluding hydrogens is 378 g/mol. The van der Waals surface area contributed by atoms with Gasteiger partial charge in [-0.2, -0.15) is 0 Å². The Morgan fingerprint density at radius 3 is 2.50 bits per heavy atom. The van der Waals surface area contributed by atoms with Gasteiger partial charge in [0.2, 0.25) is 17.8 Å². The summed E-state index contributed by atoms with van der Waals surface area (Å²) >= 11 is 6.10. The van der Waals surface area contributed by atoms with Crippen LogP contribution in [0.25, 0.3) is 0 Å². The molecule has 0 bridgehead atoms. The summed E-state index contributed by atoms with van der Waals surface area (Å²) in [5, 5.41) is 3.48. The SMILES string of the molecule is Cc1ccc(NC(=O)C2CC2C(=O)N2CCN(c3ncccn3)CC2)cc1Cl. The number of nitrogens with one attached hydrogen (secondary N) is 1. The number of carbonyl (C=O) groups excluding carboxylic acids is 2. The van der Waals surface area contributed by atoms with Gasteiger partial charge in [-0.15, -0.1) is 0 Å². The molecule has 2 fully saturated rings. The third kappa shape index (κ3) is 3.94. The van der Waals surface area contributed by atoms with Crippen LogP contribution in [0.5, 0.6) is 0 Å². The van der Waals surface area contributed by atoms with Crippen molar-refractivity contribution in [2.45, 2.75) is 13.3 Å². The third-order valence-electron chi connectivity index (χ3n) is 5.31. The van der Waals surface area contributed by atoms with Crippen LogP contribution in [0.4, 0.5) is 11.6 Å². The van der Waals surface area contributed by atoms with Crippen molar-refractivity contribution in [2.75, 3.05) is 36.4 Å². The number of aryl methyl sites for hydroxylation is 1. The monoisotopic (exact) mass is 399 g/mol. The van der Waals surface area contributed by atoms with Crippen LogP contribution in [-0.4, -0.2) is 52.9 Å². The molecule has 4 rings (SSSR count). The fourth-order valence-corrected chi connectivity index (χ4v) is 3.66. The van der Waals surface area contributed by atoms with Gasteiger partial charge in [-0.05, 0) is 37.1 Å². The molecule has 2 amide bonds. The van der Waals surface area contributed by atoms with Gasteiger partial charge in [0.1, 0.15) is 0 Å². The number of amides is 2. The first-order valence-corrected chi connectivity index (χ1v) is 9.78. The van der Waals surface area contributed by atoms with E-state index in [9.17, 15) is 9.59 Å². The average molecular weight is 400 g/mol. The van der Waals surface area contributed by atoms with Crippen LogP contribution in [0.1, 0.15) is 12.0 Å². The molecule has 2 aliphatic rings. The fraction of sp³-hybridized carbons (Fsp3) is 0.400. The minimum atomic E-state index is -0.261. The first-order chi connectivity index (χ1) is 13.5. The van der Waals surface area contributed by atoms with Gasteiger partial charge in [-0.3, -0.25) is 9.59 Å². The summed E-state index contributed by atoms with van der Waals surface area (Å²) in [6.07, 6.45) is 4.04. The molecule has 0 spiro atoms. The van der Waals surface area contributed by atoms with E-state index < -0.39 is 0 Å². The summed E-state index contributed by atoms with van der Waals surface area (Å²) < 4.78 is 0. The van der Waals surface area contributed by atoms with E-state index >= 15 is 0 Å². The van der Waals surface area contributed by atoms with Crippen LogP contribution in [0.2, 0.25) is 5.02 Å². The Kier molecular flexibility index (Phi) is 5.17. The average Bonchev–Trinajstić information content (AvgIpc) is 3.52. The molecule has 0 radical (unpaired) electrons. The lowest BCUT2D eigenvalue weighted by Gasteiger charge is -2.34. The number of carbonyl (C=O) groups is 2. The highest BCUT2D eigenvalue weighted by Crippen LogP contribution is 2.41. The van der Waals surface area contributed by atoms with Crippen molar-refractivity contribution in [2.24, 2.45) is 11.8 Å². The first kappa shape index (κ1) is 18.7. The highest BCUT2D eigenvalue weighted by Gasteiger charge is 2.49. The second-order valence-corrected chi connectivity index (χ2v) is 7.67. The lowest BCUT2D eigenvalue weighted by Crippen LogP contribution is -2.50. The van der Waals surface area contributed by atoms with E-state index in [1.807, 2.05) is 24.0 Å². The number of nitrogens with zero attached hydrogens (tertiary/aromatic N) is 4. The Labute approximate surface area is 168 Å². The van der Waals surface area contributed by atoms with Gasteiger partial charge in [0.25, 0.3) is 0 Å². The molecule has 1 aromatic carbocycles. The zero-order valence-electron chi connectivity index (χ0n) is 15.6. The van der Waals surface area contributed by atoms with Gasteiger partial charge in [0.15, 0.2) is 0 Å². The number of halogens is 1. The van der Waals surface area contributed by atoms with E-state index in [-0.39, 0.29) is 23.7 Å². The van der Waals surface area contributed by atoms with E-state index in [1.165, 1.54) is 0 Å². The number of anilines is 2. The van der Waals surface area contributed by atoms with E-state index in [2.05, 4.69) is 20.2 Å². The van der Waals surface area contributed by atoms with Crippen LogP contribution in [0, 0.1) is 18.8 Å². The number of piperazine rings is 1. The van der Waals surface area contributed by atoms with Gasteiger partial charge in [-0.25, -0.2) is 9.97 Å². The Morgan fingerprint density at radius 1 is 1.11 bits per heavy atom. The normalized spacial score (nSPS) is 21.4. The fourth-order valence-electron chi connectivity index (χ4n) is 3.48. The summed E-state index contributed by atoms with van der Waals surface area (Å²) in [7, 11) is 0. The molecule has 2 aromatic rings. The quantitative estimate of drug-likeness (QED) is 0.853. The Morgan fingerprint density at radius 2 is 1.82 bits per heavy atom. The van der Waals surface area contributed by atoms with Gasteiger partial charge >= 0.3 is 0 Å². The minimum Gasteiger partial charge on any atom is -0.339 e. The van der Waals surface area contributed by atoms with Crippen molar-refractivity contribution < 1.29 is 9.59 Å². The van der Waals surface area contributed by atoms with Crippen molar-refractivity contribution >= 4 is 35.1 Å². The van der Waals surface area contributed by atoms with Crippen molar-refractivity contribution in [1.82, 2.24) is 14.9 Å². The third-order valence-corrected chi connectivity index (χ3v) is 5.72. The molecule has 7 nitrogen and oxygen atoms in total. The molecule has 1 saturated heterocycles. The van der Waals surface area contributed by atoms with Gasteiger partial charge in [-0.1, -0.05) is 17.7 Å². The molecule has 1 aliphatic heterocycles. The summed E-state index contributed by atoms with van der Waals surface area (Å²) in [4.78, 5) is 37.6. The predicted molar refractivity (Wildman–Crippen MR) is 107 cm³/mol. The molecule has 8 heteroatoms. The molecule has 2 unspecified atom stereocenters. The van der Waals surface area contributed by atoms with Gasteiger partial charge in [0.05, 0.1) is 11.8 Å². The lowest BCUT2D eigenvalue weighted by atomic mass is 10.2. The Hall–Kier alpha value is -2.67. The van der Waals surface area contributed by atoms with Crippen molar-refractivity contribution in [3.05, 3.63) is 47.2 Å². The maximum absolute atomic E-state index is 12.7. The van der Waals surface area contributed by atoms with Crippen LogP contribution in [0.15, 0.2) is 36.7 Å². The van der Waals surface area contributed by atoms with Crippen LogP contribution in [0.3, 0.4) is 0 Å². The maximum atomic E-state index is 12.7. The summed E-state index contributed by atoms with van der Waals surface area (Å²) in [6.45, 7) is 4.54. The number of benzene rings is 1. The molecule has 1 N–H and O–H groups in total. The lowest BCUT2D eigenvalue weighted by molar-refractivity contribution is -0.134. The number of rotatable bonds is 4. The van der Waals surface area contributed by atoms with E-state index in [4.69, 9.17) is 11.6 Å². The van der Waals surface area contributed by atoms with Gasteiger partial charge in [0, 0.05) is 49.3 Å². The molecule has 1 aliphatic carbocycles. The highest BCUT2D eigenvalue weighted by atomic mass is 35.5. The summed E-state index contributed by atoms with van der Waals surface area (Å²) in [5.74, 6) is 0.156. The second-order valence-electron chi connectivity index (χ2n) is 7.26. The number of hydrogen-bond donors (Lipinski definition) is 1. The number of hydrogen-bond acceptors (Lipinski definition) is 5. The van der Waals surface area contributed by atoms with E-state index in [1.54, 1.807) is 24.5 Å². The van der Waals surface area contributed by atoms with Crippen LogP contribution >= 0.6 is 11.6 Å².